The van der Waals surface area contributed by atoms with Crippen molar-refractivity contribution < 1.29 is 9.59 Å². The summed E-state index contributed by atoms with van der Waals surface area (Å²) in [6, 6.07) is 16.5. The second-order valence-electron chi connectivity index (χ2n) is 6.68. The van der Waals surface area contributed by atoms with Gasteiger partial charge in [-0.2, -0.15) is 0 Å². The zero-order chi connectivity index (χ0) is 20.8. The molecule has 0 radical (unpaired) electrons. The SMILES string of the molecule is CCNC(=O)CCc1nc2ccccc2n(CC(=O)N(C)c2ccccc2)c1=O. The van der Waals surface area contributed by atoms with Gasteiger partial charge in [0.2, 0.25) is 11.8 Å². The standard InChI is InChI=1S/C22H24N4O3/c1-3-23-20(27)14-13-18-22(29)26(19-12-8-7-11-17(19)24-18)15-21(28)25(2)16-9-5-4-6-10-16/h4-12H,3,13-15H2,1-2H3,(H,23,27). The number of anilines is 1. The van der Waals surface area contributed by atoms with Gasteiger partial charge in [-0.3, -0.25) is 19.0 Å². The summed E-state index contributed by atoms with van der Waals surface area (Å²) in [4.78, 5) is 43.7. The van der Waals surface area contributed by atoms with Crippen molar-refractivity contribution in [3.63, 3.8) is 0 Å². The summed E-state index contributed by atoms with van der Waals surface area (Å²) in [6.45, 7) is 2.27. The van der Waals surface area contributed by atoms with Crippen LogP contribution >= 0.6 is 0 Å². The van der Waals surface area contributed by atoms with Crippen LogP contribution in [-0.2, 0) is 22.6 Å². The summed E-state index contributed by atoms with van der Waals surface area (Å²) < 4.78 is 1.44. The molecule has 1 aromatic heterocycles. The summed E-state index contributed by atoms with van der Waals surface area (Å²) in [7, 11) is 1.68. The van der Waals surface area contributed by atoms with Gasteiger partial charge in [-0.1, -0.05) is 30.3 Å². The molecule has 3 rings (SSSR count). The third-order valence-corrected chi connectivity index (χ3v) is 4.69. The van der Waals surface area contributed by atoms with E-state index in [1.54, 1.807) is 25.2 Å². The topological polar surface area (TPSA) is 84.3 Å². The molecule has 3 aromatic rings. The van der Waals surface area contributed by atoms with Crippen LogP contribution in [0.3, 0.4) is 0 Å². The van der Waals surface area contributed by atoms with Gasteiger partial charge in [0.1, 0.15) is 12.2 Å². The summed E-state index contributed by atoms with van der Waals surface area (Å²) in [5, 5.41) is 2.72. The minimum atomic E-state index is -0.345. The van der Waals surface area contributed by atoms with Gasteiger partial charge in [-0.15, -0.1) is 0 Å². The Morgan fingerprint density at radius 3 is 2.48 bits per heavy atom. The summed E-state index contributed by atoms with van der Waals surface area (Å²) in [5.41, 5.74) is 1.90. The van der Waals surface area contributed by atoms with Gasteiger partial charge in [-0.25, -0.2) is 4.98 Å². The lowest BCUT2D eigenvalue weighted by molar-refractivity contribution is -0.121. The lowest BCUT2D eigenvalue weighted by atomic mass is 10.2. The fraction of sp³-hybridized carbons (Fsp3) is 0.273. The third kappa shape index (κ3) is 4.68. The average molecular weight is 392 g/mol. The number of benzene rings is 2. The molecule has 2 amide bonds. The van der Waals surface area contributed by atoms with Crippen molar-refractivity contribution in [1.82, 2.24) is 14.9 Å². The maximum atomic E-state index is 13.0. The van der Waals surface area contributed by atoms with E-state index < -0.39 is 0 Å². The Labute approximate surface area is 169 Å². The number of carbonyl (C=O) groups is 2. The summed E-state index contributed by atoms with van der Waals surface area (Å²) in [5.74, 6) is -0.349. The monoisotopic (exact) mass is 392 g/mol. The van der Waals surface area contributed by atoms with Crippen molar-refractivity contribution in [2.45, 2.75) is 26.3 Å². The van der Waals surface area contributed by atoms with Crippen LogP contribution in [0, 0.1) is 0 Å². The lowest BCUT2D eigenvalue weighted by Gasteiger charge is -2.19. The Kier molecular flexibility index (Phi) is 6.39. The van der Waals surface area contributed by atoms with Gasteiger partial charge < -0.3 is 10.2 Å². The van der Waals surface area contributed by atoms with Crippen LogP contribution in [0.2, 0.25) is 0 Å². The maximum Gasteiger partial charge on any atom is 0.273 e. The van der Waals surface area contributed by atoms with Crippen LogP contribution in [0.25, 0.3) is 11.0 Å². The van der Waals surface area contributed by atoms with Gasteiger partial charge in [0, 0.05) is 32.1 Å². The van der Waals surface area contributed by atoms with E-state index in [2.05, 4.69) is 10.3 Å². The first-order chi connectivity index (χ1) is 14.0. The Morgan fingerprint density at radius 1 is 1.07 bits per heavy atom. The summed E-state index contributed by atoms with van der Waals surface area (Å²) >= 11 is 0. The largest absolute Gasteiger partial charge is 0.356 e. The molecule has 29 heavy (non-hydrogen) atoms. The molecule has 0 atom stereocenters. The Hall–Kier alpha value is -3.48. The highest BCUT2D eigenvalue weighted by Crippen LogP contribution is 2.14. The number of amides is 2. The highest BCUT2D eigenvalue weighted by atomic mass is 16.2. The molecular weight excluding hydrogens is 368 g/mol. The van der Waals surface area contributed by atoms with E-state index in [0.29, 0.717) is 17.6 Å². The number of aryl methyl sites for hydroxylation is 1. The molecule has 0 spiro atoms. The molecule has 0 fully saturated rings. The number of nitrogens with one attached hydrogen (secondary N) is 1. The predicted octanol–water partition coefficient (Wildman–Crippen LogP) is 2.13. The molecule has 0 bridgehead atoms. The van der Waals surface area contributed by atoms with E-state index in [1.807, 2.05) is 43.3 Å². The number of nitrogens with zero attached hydrogens (tertiary/aromatic N) is 3. The van der Waals surface area contributed by atoms with Crippen molar-refractivity contribution in [3.8, 4) is 0 Å². The molecule has 7 heteroatoms. The second-order valence-corrected chi connectivity index (χ2v) is 6.68. The maximum absolute atomic E-state index is 13.0. The van der Waals surface area contributed by atoms with Crippen LogP contribution < -0.4 is 15.8 Å². The van der Waals surface area contributed by atoms with Crippen molar-refractivity contribution in [3.05, 3.63) is 70.6 Å². The van der Waals surface area contributed by atoms with E-state index in [-0.39, 0.29) is 42.5 Å². The molecule has 2 aromatic carbocycles. The van der Waals surface area contributed by atoms with E-state index >= 15 is 0 Å². The van der Waals surface area contributed by atoms with Gasteiger partial charge in [-0.05, 0) is 31.2 Å². The average Bonchev–Trinajstić information content (AvgIpc) is 2.74. The van der Waals surface area contributed by atoms with Crippen molar-refractivity contribution >= 4 is 28.5 Å². The highest BCUT2D eigenvalue weighted by Gasteiger charge is 2.17. The normalized spacial score (nSPS) is 10.7. The van der Waals surface area contributed by atoms with E-state index in [9.17, 15) is 14.4 Å². The molecular formula is C22H24N4O3. The molecule has 0 aliphatic rings. The minimum absolute atomic E-state index is 0.110. The van der Waals surface area contributed by atoms with Gasteiger partial charge in [0.25, 0.3) is 5.56 Å². The van der Waals surface area contributed by atoms with Crippen LogP contribution in [0.4, 0.5) is 5.69 Å². The van der Waals surface area contributed by atoms with E-state index in [0.717, 1.165) is 5.69 Å². The van der Waals surface area contributed by atoms with Gasteiger partial charge >= 0.3 is 0 Å². The molecule has 1 heterocycles. The van der Waals surface area contributed by atoms with Crippen molar-refractivity contribution in [1.29, 1.82) is 0 Å². The first-order valence-electron chi connectivity index (χ1n) is 9.58. The number of para-hydroxylation sites is 3. The summed E-state index contributed by atoms with van der Waals surface area (Å²) in [6.07, 6.45) is 0.393. The molecule has 0 aliphatic heterocycles. The van der Waals surface area contributed by atoms with Crippen molar-refractivity contribution in [2.75, 3.05) is 18.5 Å². The number of fused-ring (bicyclic) bond motifs is 1. The molecule has 7 nitrogen and oxygen atoms in total. The molecule has 0 saturated carbocycles. The fourth-order valence-electron chi connectivity index (χ4n) is 3.12. The number of rotatable bonds is 7. The first kappa shape index (κ1) is 20.3. The molecule has 0 unspecified atom stereocenters. The molecule has 0 saturated heterocycles. The molecule has 150 valence electrons. The number of hydrogen-bond donors (Lipinski definition) is 1. The lowest BCUT2D eigenvalue weighted by Crippen LogP contribution is -2.36. The molecule has 0 aliphatic carbocycles. The number of likely N-dealkylation sites (N-methyl/N-ethyl adjacent to an activating group) is 1. The number of aromatic nitrogens is 2. The number of hydrogen-bond acceptors (Lipinski definition) is 4. The zero-order valence-corrected chi connectivity index (χ0v) is 16.6. The van der Waals surface area contributed by atoms with Gasteiger partial charge in [0.15, 0.2) is 0 Å². The Balaban J connectivity index is 1.93. The minimum Gasteiger partial charge on any atom is -0.356 e. The highest BCUT2D eigenvalue weighted by molar-refractivity contribution is 5.93. The predicted molar refractivity (Wildman–Crippen MR) is 113 cm³/mol. The first-order valence-corrected chi connectivity index (χ1v) is 9.58. The van der Waals surface area contributed by atoms with Crippen LogP contribution in [0.15, 0.2) is 59.4 Å². The zero-order valence-electron chi connectivity index (χ0n) is 16.6. The van der Waals surface area contributed by atoms with Gasteiger partial charge in [0.05, 0.1) is 11.0 Å². The molecule has 1 N–H and O–H groups in total. The second kappa shape index (κ2) is 9.14. The fourth-order valence-corrected chi connectivity index (χ4v) is 3.12. The Morgan fingerprint density at radius 2 is 1.76 bits per heavy atom. The Bertz CT molecular complexity index is 1080. The third-order valence-electron chi connectivity index (χ3n) is 4.69. The van der Waals surface area contributed by atoms with E-state index in [1.165, 1.54) is 9.47 Å². The quantitative estimate of drug-likeness (QED) is 0.668. The number of carbonyl (C=O) groups excluding carboxylic acids is 2. The van der Waals surface area contributed by atoms with Crippen LogP contribution in [0.5, 0.6) is 0 Å². The smallest absolute Gasteiger partial charge is 0.273 e. The van der Waals surface area contributed by atoms with Crippen molar-refractivity contribution in [2.24, 2.45) is 0 Å². The van der Waals surface area contributed by atoms with Crippen LogP contribution in [0.1, 0.15) is 19.0 Å². The van der Waals surface area contributed by atoms with Crippen LogP contribution in [-0.4, -0.2) is 35.0 Å². The van der Waals surface area contributed by atoms with E-state index in [4.69, 9.17) is 0 Å².